The quantitative estimate of drug-likeness (QED) is 0.852. The molecular weight excluding hydrogens is 292 g/mol. The van der Waals surface area contributed by atoms with E-state index in [0.29, 0.717) is 24.2 Å². The van der Waals surface area contributed by atoms with Crippen molar-refractivity contribution in [3.63, 3.8) is 0 Å². The summed E-state index contributed by atoms with van der Waals surface area (Å²) in [6, 6.07) is 7.40. The Morgan fingerprint density at radius 1 is 1.35 bits per heavy atom. The molecule has 0 bridgehead atoms. The maximum atomic E-state index is 12.2. The smallest absolute Gasteiger partial charge is 0.337 e. The van der Waals surface area contributed by atoms with Gasteiger partial charge in [0.05, 0.1) is 18.8 Å². The maximum Gasteiger partial charge on any atom is 0.337 e. The molecule has 23 heavy (non-hydrogen) atoms. The lowest BCUT2D eigenvalue weighted by Gasteiger charge is -2.53. The molecule has 2 fully saturated rings. The van der Waals surface area contributed by atoms with Crippen LogP contribution in [0.25, 0.3) is 0 Å². The first kappa shape index (κ1) is 16.2. The summed E-state index contributed by atoms with van der Waals surface area (Å²) < 4.78 is 4.82. The van der Waals surface area contributed by atoms with Crippen molar-refractivity contribution in [2.45, 2.75) is 50.5 Å². The van der Waals surface area contributed by atoms with Crippen LogP contribution >= 0.6 is 0 Å². The second kappa shape index (κ2) is 6.08. The zero-order valence-corrected chi connectivity index (χ0v) is 13.7. The van der Waals surface area contributed by atoms with Crippen molar-refractivity contribution >= 4 is 11.8 Å². The van der Waals surface area contributed by atoms with Gasteiger partial charge >= 0.3 is 5.97 Å². The molecule has 1 aromatic carbocycles. The third-order valence-electron chi connectivity index (χ3n) is 5.97. The van der Waals surface area contributed by atoms with Crippen LogP contribution in [0.4, 0.5) is 0 Å². The number of fused-ring (bicyclic) bond motifs is 1. The zero-order chi connectivity index (χ0) is 16.6. The third kappa shape index (κ3) is 2.49. The number of hydrogen-bond acceptors (Lipinski definition) is 4. The average molecular weight is 316 g/mol. The van der Waals surface area contributed by atoms with Gasteiger partial charge < -0.3 is 9.84 Å². The van der Waals surface area contributed by atoms with Crippen molar-refractivity contribution in [1.29, 1.82) is 0 Å². The summed E-state index contributed by atoms with van der Waals surface area (Å²) in [5.41, 5.74) is 1.05. The molecule has 1 N–H and O–H groups in total. The SMILES string of the molecule is COC(=O)c1cccc([C@]23CCC(=O)[C@@H](C)[C@@H]2CCC[C@@H]3O)c1. The molecule has 1 aromatic rings. The van der Waals surface area contributed by atoms with Gasteiger partial charge in [0.2, 0.25) is 0 Å². The molecule has 0 heterocycles. The summed E-state index contributed by atoms with van der Waals surface area (Å²) in [5, 5.41) is 10.9. The van der Waals surface area contributed by atoms with E-state index < -0.39 is 11.5 Å². The lowest BCUT2D eigenvalue weighted by Crippen LogP contribution is -2.55. The number of esters is 1. The van der Waals surface area contributed by atoms with E-state index in [2.05, 4.69) is 0 Å². The highest BCUT2D eigenvalue weighted by Crippen LogP contribution is 2.53. The highest BCUT2D eigenvalue weighted by Gasteiger charge is 2.53. The molecule has 0 radical (unpaired) electrons. The fourth-order valence-electron chi connectivity index (χ4n) is 4.73. The number of ether oxygens (including phenoxy) is 1. The van der Waals surface area contributed by atoms with Gasteiger partial charge in [-0.3, -0.25) is 4.79 Å². The van der Waals surface area contributed by atoms with Gasteiger partial charge in [0.25, 0.3) is 0 Å². The van der Waals surface area contributed by atoms with Crippen LogP contribution in [0.2, 0.25) is 0 Å². The van der Waals surface area contributed by atoms with E-state index >= 15 is 0 Å². The van der Waals surface area contributed by atoms with E-state index in [0.717, 1.165) is 24.8 Å². The molecule has 4 atom stereocenters. The molecule has 0 spiro atoms. The minimum atomic E-state index is -0.468. The molecule has 4 heteroatoms. The van der Waals surface area contributed by atoms with E-state index in [1.165, 1.54) is 7.11 Å². The topological polar surface area (TPSA) is 63.6 Å². The molecule has 124 valence electrons. The molecular formula is C19H24O4. The predicted molar refractivity (Wildman–Crippen MR) is 86.2 cm³/mol. The first-order valence-corrected chi connectivity index (χ1v) is 8.40. The van der Waals surface area contributed by atoms with Crippen LogP contribution in [-0.2, 0) is 14.9 Å². The number of benzene rings is 1. The third-order valence-corrected chi connectivity index (χ3v) is 5.97. The molecule has 0 aliphatic heterocycles. The maximum absolute atomic E-state index is 12.2. The largest absolute Gasteiger partial charge is 0.465 e. The Kier molecular flexibility index (Phi) is 4.28. The molecule has 2 saturated carbocycles. The van der Waals surface area contributed by atoms with E-state index in [1.54, 1.807) is 6.07 Å². The fraction of sp³-hybridized carbons (Fsp3) is 0.579. The Balaban J connectivity index is 2.09. The van der Waals surface area contributed by atoms with Gasteiger partial charge in [0.1, 0.15) is 5.78 Å². The van der Waals surface area contributed by atoms with Crippen LogP contribution in [-0.4, -0.2) is 30.1 Å². The molecule has 0 amide bonds. The number of aliphatic hydroxyl groups excluding tert-OH is 1. The number of Topliss-reactive ketones (excluding diaryl/α,β-unsaturated/α-hetero) is 1. The molecule has 0 saturated heterocycles. The van der Waals surface area contributed by atoms with Crippen LogP contribution in [0.15, 0.2) is 24.3 Å². The summed E-state index contributed by atoms with van der Waals surface area (Å²) in [6.45, 7) is 1.99. The minimum absolute atomic E-state index is 0.0412. The molecule has 2 aliphatic carbocycles. The Bertz CT molecular complexity index is 624. The molecule has 2 aliphatic rings. The average Bonchev–Trinajstić information content (AvgIpc) is 2.58. The summed E-state index contributed by atoms with van der Waals surface area (Å²) in [7, 11) is 1.37. The minimum Gasteiger partial charge on any atom is -0.465 e. The van der Waals surface area contributed by atoms with E-state index in [1.807, 2.05) is 25.1 Å². The fourth-order valence-corrected chi connectivity index (χ4v) is 4.73. The van der Waals surface area contributed by atoms with Crippen molar-refractivity contribution in [3.8, 4) is 0 Å². The van der Waals surface area contributed by atoms with Crippen molar-refractivity contribution < 1.29 is 19.4 Å². The van der Waals surface area contributed by atoms with Crippen LogP contribution < -0.4 is 0 Å². The Hall–Kier alpha value is -1.68. The van der Waals surface area contributed by atoms with Gasteiger partial charge in [-0.15, -0.1) is 0 Å². The number of rotatable bonds is 2. The van der Waals surface area contributed by atoms with Gasteiger partial charge in [0.15, 0.2) is 0 Å². The second-order valence-corrected chi connectivity index (χ2v) is 6.92. The summed E-state index contributed by atoms with van der Waals surface area (Å²) in [6.07, 6.45) is 3.34. The standard InChI is InChI=1S/C19H24O4/c1-12-15-7-4-8-17(21)19(15,10-9-16(12)20)14-6-3-5-13(11-14)18(22)23-2/h3,5-6,11-12,15,17,21H,4,7-10H2,1-2H3/t12-,15-,17-,19+/m0/s1. The monoisotopic (exact) mass is 316 g/mol. The van der Waals surface area contributed by atoms with Crippen molar-refractivity contribution in [1.82, 2.24) is 0 Å². The lowest BCUT2D eigenvalue weighted by atomic mass is 9.52. The molecule has 0 aromatic heterocycles. The Morgan fingerprint density at radius 2 is 2.13 bits per heavy atom. The van der Waals surface area contributed by atoms with Gasteiger partial charge in [-0.2, -0.15) is 0 Å². The van der Waals surface area contributed by atoms with Crippen molar-refractivity contribution in [2.75, 3.05) is 7.11 Å². The van der Waals surface area contributed by atoms with E-state index in [-0.39, 0.29) is 17.8 Å². The van der Waals surface area contributed by atoms with Crippen LogP contribution in [0.5, 0.6) is 0 Å². The van der Waals surface area contributed by atoms with Crippen LogP contribution in [0.1, 0.15) is 54.9 Å². The molecule has 0 unspecified atom stereocenters. The van der Waals surface area contributed by atoms with Crippen LogP contribution in [0, 0.1) is 11.8 Å². The number of aliphatic hydroxyl groups is 1. The van der Waals surface area contributed by atoms with Gasteiger partial charge in [-0.1, -0.05) is 25.5 Å². The van der Waals surface area contributed by atoms with E-state index in [9.17, 15) is 14.7 Å². The molecule has 4 nitrogen and oxygen atoms in total. The normalized spacial score (nSPS) is 33.9. The highest BCUT2D eigenvalue weighted by atomic mass is 16.5. The lowest BCUT2D eigenvalue weighted by molar-refractivity contribution is -0.134. The first-order chi connectivity index (χ1) is 11.0. The predicted octanol–water partition coefficient (Wildman–Crippen LogP) is 2.87. The van der Waals surface area contributed by atoms with Gasteiger partial charge in [-0.25, -0.2) is 4.79 Å². The number of carbonyl (C=O) groups is 2. The summed E-state index contributed by atoms with van der Waals surface area (Å²) >= 11 is 0. The van der Waals surface area contributed by atoms with Crippen molar-refractivity contribution in [3.05, 3.63) is 35.4 Å². The number of ketones is 1. The number of carbonyl (C=O) groups excluding carboxylic acids is 2. The summed E-state index contributed by atoms with van der Waals surface area (Å²) in [4.78, 5) is 24.1. The first-order valence-electron chi connectivity index (χ1n) is 8.40. The van der Waals surface area contributed by atoms with Gasteiger partial charge in [-0.05, 0) is 42.9 Å². The highest BCUT2D eigenvalue weighted by molar-refractivity contribution is 5.89. The van der Waals surface area contributed by atoms with Crippen molar-refractivity contribution in [2.24, 2.45) is 11.8 Å². The van der Waals surface area contributed by atoms with E-state index in [4.69, 9.17) is 4.74 Å². The van der Waals surface area contributed by atoms with Gasteiger partial charge in [0, 0.05) is 17.8 Å². The second-order valence-electron chi connectivity index (χ2n) is 6.92. The number of hydrogen-bond donors (Lipinski definition) is 1. The molecule has 3 rings (SSSR count). The Morgan fingerprint density at radius 3 is 2.87 bits per heavy atom. The van der Waals surface area contributed by atoms with Crippen LogP contribution in [0.3, 0.4) is 0 Å². The Labute approximate surface area is 136 Å². The summed E-state index contributed by atoms with van der Waals surface area (Å²) in [5.74, 6) is 0.0229. The zero-order valence-electron chi connectivity index (χ0n) is 13.7. The number of methoxy groups -OCH3 is 1.